The van der Waals surface area contributed by atoms with Crippen LogP contribution in [-0.2, 0) is 6.42 Å². The van der Waals surface area contributed by atoms with Crippen LogP contribution in [-0.4, -0.2) is 22.6 Å². The van der Waals surface area contributed by atoms with E-state index in [2.05, 4.69) is 15.5 Å². The Balaban J connectivity index is 1.59. The fourth-order valence-electron chi connectivity index (χ4n) is 2.13. The first-order valence-electron chi connectivity index (χ1n) is 7.25. The van der Waals surface area contributed by atoms with Crippen LogP contribution in [0, 0.1) is 5.82 Å². The van der Waals surface area contributed by atoms with Gasteiger partial charge in [-0.25, -0.2) is 4.39 Å². The van der Waals surface area contributed by atoms with E-state index < -0.39 is 5.82 Å². The second-order valence-corrected chi connectivity index (χ2v) is 5.38. The summed E-state index contributed by atoms with van der Waals surface area (Å²) in [4.78, 5) is 16.1. The van der Waals surface area contributed by atoms with Crippen molar-refractivity contribution in [2.45, 2.75) is 6.42 Å². The van der Waals surface area contributed by atoms with Crippen molar-refractivity contribution in [3.8, 4) is 11.4 Å². The van der Waals surface area contributed by atoms with Gasteiger partial charge in [0.1, 0.15) is 5.82 Å². The quantitative estimate of drug-likeness (QED) is 0.768. The SMILES string of the molecule is O=C(NCCc1nc(-c2ccccc2F)no1)c1ccccc1Cl. The number of nitrogens with zero attached hydrogens (tertiary/aromatic N) is 2. The lowest BCUT2D eigenvalue weighted by atomic mass is 10.2. The summed E-state index contributed by atoms with van der Waals surface area (Å²) < 4.78 is 18.8. The number of carbonyl (C=O) groups excluding carboxylic acids is 1. The largest absolute Gasteiger partial charge is 0.351 e. The Kier molecular flexibility index (Phi) is 4.86. The summed E-state index contributed by atoms with van der Waals surface area (Å²) in [6, 6.07) is 13.0. The topological polar surface area (TPSA) is 68.0 Å². The van der Waals surface area contributed by atoms with Gasteiger partial charge in [0, 0.05) is 13.0 Å². The van der Waals surface area contributed by atoms with Crippen LogP contribution in [0.25, 0.3) is 11.4 Å². The van der Waals surface area contributed by atoms with Gasteiger partial charge in [0.25, 0.3) is 5.91 Å². The highest BCUT2D eigenvalue weighted by Gasteiger charge is 2.13. The molecule has 24 heavy (non-hydrogen) atoms. The van der Waals surface area contributed by atoms with Gasteiger partial charge in [-0.15, -0.1) is 0 Å². The second kappa shape index (κ2) is 7.23. The van der Waals surface area contributed by atoms with Crippen LogP contribution in [0.15, 0.2) is 53.1 Å². The molecule has 0 saturated carbocycles. The zero-order valence-corrected chi connectivity index (χ0v) is 13.3. The number of amides is 1. The molecule has 0 unspecified atom stereocenters. The van der Waals surface area contributed by atoms with E-state index in [0.717, 1.165) is 0 Å². The first-order chi connectivity index (χ1) is 11.6. The van der Waals surface area contributed by atoms with Crippen LogP contribution in [0.3, 0.4) is 0 Å². The van der Waals surface area contributed by atoms with Crippen molar-refractivity contribution in [3.63, 3.8) is 0 Å². The van der Waals surface area contributed by atoms with Crippen LogP contribution in [0.4, 0.5) is 4.39 Å². The van der Waals surface area contributed by atoms with E-state index >= 15 is 0 Å². The molecule has 3 rings (SSSR count). The third-order valence-electron chi connectivity index (χ3n) is 3.33. The molecule has 5 nitrogen and oxygen atoms in total. The molecule has 7 heteroatoms. The molecule has 1 aromatic heterocycles. The number of aromatic nitrogens is 2. The first kappa shape index (κ1) is 16.1. The molecule has 122 valence electrons. The van der Waals surface area contributed by atoms with Crippen molar-refractivity contribution in [2.24, 2.45) is 0 Å². The average Bonchev–Trinajstić information content (AvgIpc) is 3.04. The summed E-state index contributed by atoms with van der Waals surface area (Å²) >= 11 is 5.96. The van der Waals surface area contributed by atoms with Crippen molar-refractivity contribution < 1.29 is 13.7 Å². The Morgan fingerprint density at radius 1 is 1.17 bits per heavy atom. The number of rotatable bonds is 5. The van der Waals surface area contributed by atoms with E-state index in [1.807, 2.05) is 0 Å². The molecule has 1 N–H and O–H groups in total. The van der Waals surface area contributed by atoms with Gasteiger partial charge in [-0.2, -0.15) is 4.98 Å². The maximum Gasteiger partial charge on any atom is 0.252 e. The summed E-state index contributed by atoms with van der Waals surface area (Å²) in [5.74, 6) is -0.209. The fraction of sp³-hybridized carbons (Fsp3) is 0.118. The van der Waals surface area contributed by atoms with Crippen molar-refractivity contribution in [2.75, 3.05) is 6.54 Å². The Hall–Kier alpha value is -2.73. The van der Waals surface area contributed by atoms with E-state index in [9.17, 15) is 9.18 Å². The smallest absolute Gasteiger partial charge is 0.252 e. The van der Waals surface area contributed by atoms with Crippen LogP contribution < -0.4 is 5.32 Å². The highest BCUT2D eigenvalue weighted by atomic mass is 35.5. The second-order valence-electron chi connectivity index (χ2n) is 4.98. The maximum atomic E-state index is 13.7. The summed E-state index contributed by atoms with van der Waals surface area (Å²) in [7, 11) is 0. The number of carbonyl (C=O) groups is 1. The first-order valence-corrected chi connectivity index (χ1v) is 7.63. The van der Waals surface area contributed by atoms with Crippen LogP contribution in [0.1, 0.15) is 16.2 Å². The number of halogens is 2. The van der Waals surface area contributed by atoms with Crippen molar-refractivity contribution in [1.29, 1.82) is 0 Å². The number of benzene rings is 2. The molecule has 0 atom stereocenters. The Morgan fingerprint density at radius 3 is 2.71 bits per heavy atom. The standard InChI is InChI=1S/C17H13ClFN3O2/c18-13-7-3-1-5-11(13)17(23)20-10-9-15-21-16(22-24-15)12-6-2-4-8-14(12)19/h1-8H,9-10H2,(H,20,23). The summed E-state index contributed by atoms with van der Waals surface area (Å²) in [6.07, 6.45) is 0.331. The number of nitrogens with one attached hydrogen (secondary N) is 1. The third kappa shape index (κ3) is 3.60. The number of hydrogen-bond donors (Lipinski definition) is 1. The third-order valence-corrected chi connectivity index (χ3v) is 3.66. The Labute approximate surface area is 142 Å². The van der Waals surface area contributed by atoms with Gasteiger partial charge in [0.2, 0.25) is 11.7 Å². The molecule has 0 aliphatic rings. The van der Waals surface area contributed by atoms with E-state index in [0.29, 0.717) is 29.4 Å². The molecule has 0 radical (unpaired) electrons. The normalized spacial score (nSPS) is 10.6. The van der Waals surface area contributed by atoms with Crippen LogP contribution in [0.5, 0.6) is 0 Å². The highest BCUT2D eigenvalue weighted by Crippen LogP contribution is 2.19. The lowest BCUT2D eigenvalue weighted by molar-refractivity contribution is 0.0953. The van der Waals surface area contributed by atoms with E-state index in [1.165, 1.54) is 6.07 Å². The van der Waals surface area contributed by atoms with E-state index in [-0.39, 0.29) is 17.3 Å². The minimum Gasteiger partial charge on any atom is -0.351 e. The molecule has 2 aromatic carbocycles. The molecule has 1 heterocycles. The highest BCUT2D eigenvalue weighted by molar-refractivity contribution is 6.33. The van der Waals surface area contributed by atoms with Crippen LogP contribution in [0.2, 0.25) is 5.02 Å². The fourth-order valence-corrected chi connectivity index (χ4v) is 2.35. The van der Waals surface area contributed by atoms with Crippen molar-refractivity contribution in [3.05, 3.63) is 70.8 Å². The van der Waals surface area contributed by atoms with Gasteiger partial charge in [-0.1, -0.05) is 41.0 Å². The summed E-state index contributed by atoms with van der Waals surface area (Å²) in [5.41, 5.74) is 0.671. The molecule has 3 aromatic rings. The lowest BCUT2D eigenvalue weighted by Crippen LogP contribution is -2.26. The molecule has 0 aliphatic heterocycles. The predicted molar refractivity (Wildman–Crippen MR) is 87.2 cm³/mol. The zero-order valence-electron chi connectivity index (χ0n) is 12.5. The van der Waals surface area contributed by atoms with E-state index in [4.69, 9.17) is 16.1 Å². The van der Waals surface area contributed by atoms with Gasteiger partial charge < -0.3 is 9.84 Å². The molecular formula is C17H13ClFN3O2. The Bertz CT molecular complexity index is 866. The average molecular weight is 346 g/mol. The minimum atomic E-state index is -0.420. The van der Waals surface area contributed by atoms with Gasteiger partial charge in [-0.05, 0) is 24.3 Å². The van der Waals surface area contributed by atoms with Gasteiger partial charge in [0.05, 0.1) is 16.1 Å². The Morgan fingerprint density at radius 2 is 1.92 bits per heavy atom. The molecule has 0 saturated heterocycles. The molecule has 1 amide bonds. The molecule has 0 spiro atoms. The molecule has 0 aliphatic carbocycles. The van der Waals surface area contributed by atoms with Gasteiger partial charge in [-0.3, -0.25) is 4.79 Å². The molecule has 0 bridgehead atoms. The van der Waals surface area contributed by atoms with Gasteiger partial charge >= 0.3 is 0 Å². The van der Waals surface area contributed by atoms with Crippen LogP contribution >= 0.6 is 11.6 Å². The molecule has 0 fully saturated rings. The van der Waals surface area contributed by atoms with E-state index in [1.54, 1.807) is 42.5 Å². The summed E-state index contributed by atoms with van der Waals surface area (Å²) in [5, 5.41) is 6.86. The molecular weight excluding hydrogens is 333 g/mol. The predicted octanol–water partition coefficient (Wildman–Crippen LogP) is 3.50. The minimum absolute atomic E-state index is 0.181. The summed E-state index contributed by atoms with van der Waals surface area (Å²) in [6.45, 7) is 0.295. The number of hydrogen-bond acceptors (Lipinski definition) is 4. The van der Waals surface area contributed by atoms with Crippen molar-refractivity contribution >= 4 is 17.5 Å². The van der Waals surface area contributed by atoms with Gasteiger partial charge in [0.15, 0.2) is 0 Å². The monoisotopic (exact) mass is 345 g/mol. The maximum absolute atomic E-state index is 13.7. The lowest BCUT2D eigenvalue weighted by Gasteiger charge is -2.04. The zero-order chi connectivity index (χ0) is 16.9. The van der Waals surface area contributed by atoms with Crippen molar-refractivity contribution in [1.82, 2.24) is 15.5 Å².